The summed E-state index contributed by atoms with van der Waals surface area (Å²) >= 11 is 0. The minimum atomic E-state index is -0.664. The maximum Gasteiger partial charge on any atom is 0.225 e. The van der Waals surface area contributed by atoms with Crippen LogP contribution in [0.5, 0.6) is 0 Å². The van der Waals surface area contributed by atoms with Crippen molar-refractivity contribution in [3.63, 3.8) is 0 Å². The molecule has 1 heterocycles. The number of nitrogens with one attached hydrogen (secondary N) is 1. The first kappa shape index (κ1) is 16.0. The predicted octanol–water partition coefficient (Wildman–Crippen LogP) is 1.55. The first-order chi connectivity index (χ1) is 10.9. The van der Waals surface area contributed by atoms with Gasteiger partial charge in [-0.3, -0.25) is 9.59 Å². The number of carbonyl (C=O) groups is 2. The Labute approximate surface area is 136 Å². The summed E-state index contributed by atoms with van der Waals surface area (Å²) in [4.78, 5) is 25.6. The predicted molar refractivity (Wildman–Crippen MR) is 86.6 cm³/mol. The topological polar surface area (TPSA) is 69.6 Å². The SMILES string of the molecule is CC(=O)NC(CC(=O)N1CC(O)(C2CC2)C1)c1ccc(C)cc1. The lowest BCUT2D eigenvalue weighted by Crippen LogP contribution is -2.64. The highest BCUT2D eigenvalue weighted by Crippen LogP contribution is 2.44. The van der Waals surface area contributed by atoms with Gasteiger partial charge in [0.05, 0.1) is 25.6 Å². The molecule has 0 spiro atoms. The number of nitrogens with zero attached hydrogens (tertiary/aromatic N) is 1. The summed E-state index contributed by atoms with van der Waals surface area (Å²) < 4.78 is 0. The largest absolute Gasteiger partial charge is 0.386 e. The van der Waals surface area contributed by atoms with Crippen LogP contribution in [0.15, 0.2) is 24.3 Å². The number of aliphatic hydroxyl groups is 1. The molecule has 0 aromatic heterocycles. The van der Waals surface area contributed by atoms with Gasteiger partial charge < -0.3 is 15.3 Å². The Hall–Kier alpha value is -1.88. The molecule has 1 unspecified atom stereocenters. The summed E-state index contributed by atoms with van der Waals surface area (Å²) in [6.45, 7) is 4.32. The van der Waals surface area contributed by atoms with Gasteiger partial charge in [-0.15, -0.1) is 0 Å². The van der Waals surface area contributed by atoms with Crippen molar-refractivity contribution in [2.75, 3.05) is 13.1 Å². The van der Waals surface area contributed by atoms with E-state index in [-0.39, 0.29) is 24.3 Å². The number of amides is 2. The van der Waals surface area contributed by atoms with E-state index in [0.717, 1.165) is 24.0 Å². The van der Waals surface area contributed by atoms with E-state index in [1.54, 1.807) is 4.90 Å². The molecule has 5 heteroatoms. The summed E-state index contributed by atoms with van der Waals surface area (Å²) in [5.41, 5.74) is 1.40. The number of hydrogen-bond donors (Lipinski definition) is 2. The zero-order chi connectivity index (χ0) is 16.6. The molecule has 1 aliphatic heterocycles. The van der Waals surface area contributed by atoms with E-state index in [9.17, 15) is 14.7 Å². The van der Waals surface area contributed by atoms with Crippen molar-refractivity contribution < 1.29 is 14.7 Å². The molecule has 5 nitrogen and oxygen atoms in total. The van der Waals surface area contributed by atoms with Gasteiger partial charge in [-0.05, 0) is 31.2 Å². The molecule has 2 N–H and O–H groups in total. The van der Waals surface area contributed by atoms with Crippen molar-refractivity contribution in [1.82, 2.24) is 10.2 Å². The van der Waals surface area contributed by atoms with Crippen LogP contribution in [0, 0.1) is 12.8 Å². The molecule has 1 aromatic rings. The number of benzene rings is 1. The molecule has 1 atom stereocenters. The molecule has 1 aromatic carbocycles. The van der Waals surface area contributed by atoms with Crippen molar-refractivity contribution in [3.05, 3.63) is 35.4 Å². The Morgan fingerprint density at radius 3 is 2.43 bits per heavy atom. The summed E-state index contributed by atoms with van der Waals surface area (Å²) in [5, 5.41) is 13.2. The van der Waals surface area contributed by atoms with E-state index in [1.165, 1.54) is 6.92 Å². The second kappa shape index (κ2) is 5.96. The molecule has 1 aliphatic carbocycles. The Balaban J connectivity index is 1.63. The Kier molecular flexibility index (Phi) is 4.15. The molecule has 2 fully saturated rings. The zero-order valence-electron chi connectivity index (χ0n) is 13.7. The van der Waals surface area contributed by atoms with Crippen LogP contribution in [0.3, 0.4) is 0 Å². The highest BCUT2D eigenvalue weighted by atomic mass is 16.3. The van der Waals surface area contributed by atoms with Gasteiger partial charge in [0.15, 0.2) is 0 Å². The molecule has 2 amide bonds. The molecule has 2 aliphatic rings. The van der Waals surface area contributed by atoms with Crippen LogP contribution in [0.2, 0.25) is 0 Å². The van der Waals surface area contributed by atoms with Crippen LogP contribution in [0.1, 0.15) is 43.4 Å². The van der Waals surface area contributed by atoms with Crippen LogP contribution in [-0.2, 0) is 9.59 Å². The Morgan fingerprint density at radius 2 is 1.91 bits per heavy atom. The number of aryl methyl sites for hydroxylation is 1. The first-order valence-electron chi connectivity index (χ1n) is 8.21. The molecular weight excluding hydrogens is 292 g/mol. The number of β-amino-alcohol motifs (C(OH)–C–C–N with tert-alkyl or cyclic N) is 1. The third-order valence-corrected chi connectivity index (χ3v) is 4.86. The summed E-state index contributed by atoms with van der Waals surface area (Å²) in [6, 6.07) is 7.52. The van der Waals surface area contributed by atoms with Gasteiger partial charge in [0.1, 0.15) is 5.60 Å². The average molecular weight is 316 g/mol. The van der Waals surface area contributed by atoms with Crippen molar-refractivity contribution in [2.24, 2.45) is 5.92 Å². The van der Waals surface area contributed by atoms with Crippen molar-refractivity contribution in [2.45, 2.75) is 44.8 Å². The van der Waals surface area contributed by atoms with Gasteiger partial charge in [0, 0.05) is 6.92 Å². The Morgan fingerprint density at radius 1 is 1.30 bits per heavy atom. The van der Waals surface area contributed by atoms with E-state index in [0.29, 0.717) is 19.0 Å². The van der Waals surface area contributed by atoms with Crippen molar-refractivity contribution in [3.8, 4) is 0 Å². The van der Waals surface area contributed by atoms with E-state index < -0.39 is 5.60 Å². The molecule has 3 rings (SSSR count). The monoisotopic (exact) mass is 316 g/mol. The lowest BCUT2D eigenvalue weighted by atomic mass is 9.88. The van der Waals surface area contributed by atoms with Crippen molar-refractivity contribution in [1.29, 1.82) is 0 Å². The lowest BCUT2D eigenvalue weighted by Gasteiger charge is -2.47. The number of rotatable bonds is 5. The molecule has 124 valence electrons. The van der Waals surface area contributed by atoms with Crippen LogP contribution < -0.4 is 5.32 Å². The zero-order valence-corrected chi connectivity index (χ0v) is 13.7. The van der Waals surface area contributed by atoms with Gasteiger partial charge in [0.25, 0.3) is 0 Å². The fraction of sp³-hybridized carbons (Fsp3) is 0.556. The second-order valence-electron chi connectivity index (χ2n) is 7.00. The standard InChI is InChI=1S/C18H24N2O3/c1-12-3-5-14(6-4-12)16(19-13(2)21)9-17(22)20-10-18(23,11-20)15-7-8-15/h3-6,15-16,23H,7-11H2,1-2H3,(H,19,21). The summed E-state index contributed by atoms with van der Waals surface area (Å²) in [7, 11) is 0. The smallest absolute Gasteiger partial charge is 0.225 e. The van der Waals surface area contributed by atoms with E-state index >= 15 is 0 Å². The summed E-state index contributed by atoms with van der Waals surface area (Å²) in [6.07, 6.45) is 2.36. The number of hydrogen-bond acceptors (Lipinski definition) is 3. The third-order valence-electron chi connectivity index (χ3n) is 4.86. The maximum atomic E-state index is 12.5. The van der Waals surface area contributed by atoms with Gasteiger partial charge >= 0.3 is 0 Å². The fourth-order valence-electron chi connectivity index (χ4n) is 3.27. The maximum absolute atomic E-state index is 12.5. The number of likely N-dealkylation sites (tertiary alicyclic amines) is 1. The van der Waals surface area contributed by atoms with Crippen LogP contribution in [-0.4, -0.2) is 40.5 Å². The molecule has 0 bridgehead atoms. The van der Waals surface area contributed by atoms with Gasteiger partial charge in [-0.25, -0.2) is 0 Å². The van der Waals surface area contributed by atoms with E-state index in [1.807, 2.05) is 31.2 Å². The quantitative estimate of drug-likeness (QED) is 0.866. The molecular formula is C18H24N2O3. The second-order valence-corrected chi connectivity index (χ2v) is 7.00. The first-order valence-corrected chi connectivity index (χ1v) is 8.21. The Bertz CT molecular complexity index is 601. The van der Waals surface area contributed by atoms with E-state index in [2.05, 4.69) is 5.32 Å². The summed E-state index contributed by atoms with van der Waals surface area (Å²) in [5.74, 6) is 0.200. The number of carbonyl (C=O) groups excluding carboxylic acids is 2. The fourth-order valence-corrected chi connectivity index (χ4v) is 3.27. The van der Waals surface area contributed by atoms with Crippen molar-refractivity contribution >= 4 is 11.8 Å². The molecule has 1 saturated heterocycles. The van der Waals surface area contributed by atoms with Crippen LogP contribution >= 0.6 is 0 Å². The minimum absolute atomic E-state index is 0.0188. The van der Waals surface area contributed by atoms with Crippen LogP contribution in [0.4, 0.5) is 0 Å². The third kappa shape index (κ3) is 3.55. The average Bonchev–Trinajstić information content (AvgIpc) is 3.28. The highest BCUT2D eigenvalue weighted by Gasteiger charge is 2.53. The lowest BCUT2D eigenvalue weighted by molar-refractivity contribution is -0.159. The van der Waals surface area contributed by atoms with Crippen LogP contribution in [0.25, 0.3) is 0 Å². The normalized spacial score (nSPS) is 20.6. The minimum Gasteiger partial charge on any atom is -0.386 e. The molecule has 1 saturated carbocycles. The van der Waals surface area contributed by atoms with Gasteiger partial charge in [0.2, 0.25) is 11.8 Å². The van der Waals surface area contributed by atoms with Gasteiger partial charge in [-0.1, -0.05) is 29.8 Å². The van der Waals surface area contributed by atoms with Gasteiger partial charge in [-0.2, -0.15) is 0 Å². The molecule has 23 heavy (non-hydrogen) atoms. The van der Waals surface area contributed by atoms with E-state index in [4.69, 9.17) is 0 Å². The molecule has 0 radical (unpaired) electrons. The highest BCUT2D eigenvalue weighted by molar-refractivity contribution is 5.80.